The summed E-state index contributed by atoms with van der Waals surface area (Å²) < 4.78 is 5.94. The lowest BCUT2D eigenvalue weighted by molar-refractivity contribution is 0.0653. The molecule has 0 saturated carbocycles. The van der Waals surface area contributed by atoms with E-state index in [-0.39, 0.29) is 6.10 Å². The molecule has 0 aliphatic heterocycles. The highest BCUT2D eigenvalue weighted by Crippen LogP contribution is 2.15. The number of hydrogen-bond acceptors (Lipinski definition) is 2. The lowest BCUT2D eigenvalue weighted by Crippen LogP contribution is -2.20. The van der Waals surface area contributed by atoms with Crippen LogP contribution in [0.2, 0.25) is 0 Å². The summed E-state index contributed by atoms with van der Waals surface area (Å²) in [6, 6.07) is 7.17. The van der Waals surface area contributed by atoms with Gasteiger partial charge in [-0.25, -0.2) is 4.79 Å². The summed E-state index contributed by atoms with van der Waals surface area (Å²) in [6.45, 7) is 2.99. The van der Waals surface area contributed by atoms with Crippen molar-refractivity contribution in [3.63, 3.8) is 0 Å². The number of unbranched alkanes of at least 4 members (excludes halogenated alkanes) is 7. The predicted octanol–water partition coefficient (Wildman–Crippen LogP) is 5.85. The highest BCUT2D eigenvalue weighted by molar-refractivity contribution is 9.09. The van der Waals surface area contributed by atoms with Gasteiger partial charge in [0.15, 0.2) is 0 Å². The van der Waals surface area contributed by atoms with Gasteiger partial charge in [0.05, 0.1) is 11.7 Å². The van der Waals surface area contributed by atoms with Gasteiger partial charge in [-0.05, 0) is 18.1 Å². The first-order valence-corrected chi connectivity index (χ1v) is 10.3. The Labute approximate surface area is 154 Å². The van der Waals surface area contributed by atoms with E-state index in [0.29, 0.717) is 12.0 Å². The van der Waals surface area contributed by atoms with E-state index in [1.54, 1.807) is 12.1 Å². The second kappa shape index (κ2) is 13.4. The van der Waals surface area contributed by atoms with Gasteiger partial charge in [-0.3, -0.25) is 0 Å². The maximum atomic E-state index is 11.3. The zero-order chi connectivity index (χ0) is 17.6. The van der Waals surface area contributed by atoms with Gasteiger partial charge in [0.2, 0.25) is 0 Å². The van der Waals surface area contributed by atoms with E-state index in [0.717, 1.165) is 23.9 Å². The van der Waals surface area contributed by atoms with Crippen LogP contribution in [-0.4, -0.2) is 29.1 Å². The first kappa shape index (κ1) is 21.2. The number of ether oxygens (including phenoxy) is 1. The van der Waals surface area contributed by atoms with Crippen LogP contribution in [-0.2, 0) is 11.2 Å². The quantitative estimate of drug-likeness (QED) is 0.315. The van der Waals surface area contributed by atoms with E-state index in [4.69, 9.17) is 4.74 Å². The maximum Gasteiger partial charge on any atom is 0.335 e. The summed E-state index contributed by atoms with van der Waals surface area (Å²) in [5.41, 5.74) is 1.21. The SMILES string of the molecule is CCCCCCCCCCOC(CBr)Cc1ccccc1C(=O)O. The molecular formula is C20H31BrO3. The van der Waals surface area contributed by atoms with Crippen LogP contribution in [0.3, 0.4) is 0 Å². The summed E-state index contributed by atoms with van der Waals surface area (Å²) in [4.78, 5) is 11.3. The average molecular weight is 399 g/mol. The largest absolute Gasteiger partial charge is 0.478 e. The molecule has 0 aliphatic rings. The van der Waals surface area contributed by atoms with Crippen LogP contribution >= 0.6 is 15.9 Å². The number of rotatable bonds is 14. The number of carbonyl (C=O) groups is 1. The molecule has 0 spiro atoms. The maximum absolute atomic E-state index is 11.3. The van der Waals surface area contributed by atoms with Gasteiger partial charge in [-0.2, -0.15) is 0 Å². The number of carboxylic acids is 1. The lowest BCUT2D eigenvalue weighted by atomic mass is 10.0. The van der Waals surface area contributed by atoms with Gasteiger partial charge < -0.3 is 9.84 Å². The first-order chi connectivity index (χ1) is 11.7. The van der Waals surface area contributed by atoms with Crippen molar-refractivity contribution in [1.82, 2.24) is 0 Å². The molecule has 1 aromatic carbocycles. The molecule has 3 nitrogen and oxygen atoms in total. The van der Waals surface area contributed by atoms with Crippen LogP contribution in [0.5, 0.6) is 0 Å². The van der Waals surface area contributed by atoms with E-state index < -0.39 is 5.97 Å². The summed E-state index contributed by atoms with van der Waals surface area (Å²) in [5, 5.41) is 9.97. The molecule has 1 unspecified atom stereocenters. The van der Waals surface area contributed by atoms with Gasteiger partial charge >= 0.3 is 5.97 Å². The second-order valence-corrected chi connectivity index (χ2v) is 6.94. The molecule has 1 rings (SSSR count). The monoisotopic (exact) mass is 398 g/mol. The van der Waals surface area contributed by atoms with Crippen molar-refractivity contribution >= 4 is 21.9 Å². The Balaban J connectivity index is 2.23. The number of hydrogen-bond donors (Lipinski definition) is 1. The van der Waals surface area contributed by atoms with Crippen LogP contribution < -0.4 is 0 Å². The fourth-order valence-electron chi connectivity index (χ4n) is 2.80. The normalized spacial score (nSPS) is 12.2. The lowest BCUT2D eigenvalue weighted by Gasteiger charge is -2.16. The molecule has 0 amide bonds. The third kappa shape index (κ3) is 8.84. The molecule has 0 radical (unpaired) electrons. The summed E-state index contributed by atoms with van der Waals surface area (Å²) in [5.74, 6) is -0.873. The molecule has 0 fully saturated rings. The molecule has 0 heterocycles. The molecule has 4 heteroatoms. The second-order valence-electron chi connectivity index (χ2n) is 6.29. The average Bonchev–Trinajstić information content (AvgIpc) is 2.59. The molecule has 0 saturated heterocycles. The first-order valence-electron chi connectivity index (χ1n) is 9.17. The van der Waals surface area contributed by atoms with Gasteiger partial charge in [-0.1, -0.05) is 86.0 Å². The standard InChI is InChI=1S/C20H31BrO3/c1-2-3-4-5-6-7-8-11-14-24-18(16-21)15-17-12-9-10-13-19(17)20(22)23/h9-10,12-13,18H,2-8,11,14-16H2,1H3,(H,22,23). The number of halogens is 1. The van der Waals surface area contributed by atoms with Crippen molar-refractivity contribution < 1.29 is 14.6 Å². The van der Waals surface area contributed by atoms with E-state index >= 15 is 0 Å². The van der Waals surface area contributed by atoms with Crippen molar-refractivity contribution in [3.05, 3.63) is 35.4 Å². The highest BCUT2D eigenvalue weighted by atomic mass is 79.9. The van der Waals surface area contributed by atoms with Crippen LogP contribution in [0, 0.1) is 0 Å². The zero-order valence-corrected chi connectivity index (χ0v) is 16.4. The van der Waals surface area contributed by atoms with E-state index in [1.807, 2.05) is 12.1 Å². The van der Waals surface area contributed by atoms with Gasteiger partial charge in [0.25, 0.3) is 0 Å². The minimum atomic E-state index is -0.873. The Hall–Kier alpha value is -0.870. The highest BCUT2D eigenvalue weighted by Gasteiger charge is 2.14. The van der Waals surface area contributed by atoms with E-state index in [2.05, 4.69) is 22.9 Å². The zero-order valence-electron chi connectivity index (χ0n) is 14.8. The van der Waals surface area contributed by atoms with Crippen LogP contribution in [0.25, 0.3) is 0 Å². The Morgan fingerprint density at radius 2 is 1.71 bits per heavy atom. The summed E-state index contributed by atoms with van der Waals surface area (Å²) >= 11 is 3.48. The minimum absolute atomic E-state index is 0.0232. The molecule has 1 N–H and O–H groups in total. The molecule has 0 bridgehead atoms. The number of alkyl halides is 1. The molecule has 1 atom stereocenters. The van der Waals surface area contributed by atoms with E-state index in [9.17, 15) is 9.90 Å². The summed E-state index contributed by atoms with van der Waals surface area (Å²) in [6.07, 6.45) is 10.9. The van der Waals surface area contributed by atoms with Crippen LogP contribution in [0.15, 0.2) is 24.3 Å². The molecule has 136 valence electrons. The molecule has 0 aliphatic carbocycles. The summed E-state index contributed by atoms with van der Waals surface area (Å²) in [7, 11) is 0. The van der Waals surface area contributed by atoms with Crippen molar-refractivity contribution in [1.29, 1.82) is 0 Å². The van der Waals surface area contributed by atoms with Crippen molar-refractivity contribution in [2.24, 2.45) is 0 Å². The fraction of sp³-hybridized carbons (Fsp3) is 0.650. The number of aromatic carboxylic acids is 1. The number of benzene rings is 1. The van der Waals surface area contributed by atoms with Crippen LogP contribution in [0.1, 0.15) is 74.2 Å². The molecule has 24 heavy (non-hydrogen) atoms. The fourth-order valence-corrected chi connectivity index (χ4v) is 3.21. The molecular weight excluding hydrogens is 368 g/mol. The van der Waals surface area contributed by atoms with Gasteiger partial charge in [0, 0.05) is 18.4 Å². The topological polar surface area (TPSA) is 46.5 Å². The third-order valence-electron chi connectivity index (χ3n) is 4.22. The minimum Gasteiger partial charge on any atom is -0.478 e. The van der Waals surface area contributed by atoms with E-state index in [1.165, 1.54) is 44.9 Å². The Morgan fingerprint density at radius 3 is 2.33 bits per heavy atom. The molecule has 0 aromatic heterocycles. The van der Waals surface area contributed by atoms with Crippen molar-refractivity contribution in [2.45, 2.75) is 70.8 Å². The molecule has 1 aromatic rings. The van der Waals surface area contributed by atoms with Crippen molar-refractivity contribution in [2.75, 3.05) is 11.9 Å². The van der Waals surface area contributed by atoms with Gasteiger partial charge in [-0.15, -0.1) is 0 Å². The Bertz CT molecular complexity index is 462. The van der Waals surface area contributed by atoms with Gasteiger partial charge in [0.1, 0.15) is 0 Å². The Morgan fingerprint density at radius 1 is 1.08 bits per heavy atom. The third-order valence-corrected chi connectivity index (χ3v) is 4.94. The smallest absolute Gasteiger partial charge is 0.335 e. The van der Waals surface area contributed by atoms with Crippen LogP contribution in [0.4, 0.5) is 0 Å². The number of carboxylic acid groups (broad SMARTS) is 1. The predicted molar refractivity (Wildman–Crippen MR) is 103 cm³/mol. The van der Waals surface area contributed by atoms with Crippen molar-refractivity contribution in [3.8, 4) is 0 Å². The Kier molecular flexibility index (Phi) is 11.8.